The summed E-state index contributed by atoms with van der Waals surface area (Å²) in [7, 11) is 0. The zero-order chi connectivity index (χ0) is 23.3. The highest BCUT2D eigenvalue weighted by Crippen LogP contribution is 2.57. The van der Waals surface area contributed by atoms with Crippen molar-refractivity contribution in [3.8, 4) is 11.4 Å². The molecule has 0 bridgehead atoms. The molecule has 1 saturated carbocycles. The number of ether oxygens (including phenoxy) is 1. The fraction of sp³-hybridized carbons (Fsp3) is 0.462. The normalized spacial score (nSPS) is 23.9. The molecule has 5 rings (SSSR count). The van der Waals surface area contributed by atoms with Gasteiger partial charge in [0.05, 0.1) is 17.6 Å². The molecule has 2 heterocycles. The first-order valence-electron chi connectivity index (χ1n) is 11.5. The second-order valence-corrected chi connectivity index (χ2v) is 9.63. The van der Waals surface area contributed by atoms with Crippen LogP contribution < -0.4 is 0 Å². The van der Waals surface area contributed by atoms with Gasteiger partial charge in [0.1, 0.15) is 11.6 Å². The quantitative estimate of drug-likeness (QED) is 0.480. The Hall–Kier alpha value is -2.48. The van der Waals surface area contributed by atoms with Gasteiger partial charge in [-0.2, -0.15) is 0 Å². The predicted octanol–water partition coefficient (Wildman–Crippen LogP) is 4.82. The summed E-state index contributed by atoms with van der Waals surface area (Å²) in [5.41, 5.74) is 3.17. The van der Waals surface area contributed by atoms with Crippen LogP contribution in [0.2, 0.25) is 0 Å². The van der Waals surface area contributed by atoms with Crippen molar-refractivity contribution in [2.45, 2.75) is 50.7 Å². The minimum Gasteiger partial charge on any atom is -0.508 e. The van der Waals surface area contributed by atoms with Gasteiger partial charge in [-0.15, -0.1) is 0 Å². The van der Waals surface area contributed by atoms with Gasteiger partial charge in [-0.1, -0.05) is 0 Å². The first kappa shape index (κ1) is 22.3. The number of phenols is 1. The van der Waals surface area contributed by atoms with Gasteiger partial charge in [-0.25, -0.2) is 4.39 Å². The highest BCUT2D eigenvalue weighted by Gasteiger charge is 2.51. The van der Waals surface area contributed by atoms with Gasteiger partial charge in [0.15, 0.2) is 6.29 Å². The second-order valence-electron chi connectivity index (χ2n) is 9.63. The number of aliphatic hydroxyl groups excluding tert-OH is 1. The third-order valence-electron chi connectivity index (χ3n) is 7.56. The van der Waals surface area contributed by atoms with E-state index in [0.717, 1.165) is 40.7 Å². The molecule has 7 heteroatoms. The molecule has 0 spiro atoms. The number of aliphatic hydroxyl groups is 2. The molecular formula is C26H29F2NO4. The lowest BCUT2D eigenvalue weighted by atomic mass is 9.59. The molecule has 0 atom stereocenters. The summed E-state index contributed by atoms with van der Waals surface area (Å²) in [6.07, 6.45) is 0.549. The third kappa shape index (κ3) is 3.63. The monoisotopic (exact) mass is 457 g/mol. The van der Waals surface area contributed by atoms with Crippen LogP contribution in [0.15, 0.2) is 36.4 Å². The Balaban J connectivity index is 1.74. The fourth-order valence-electron chi connectivity index (χ4n) is 5.69. The van der Waals surface area contributed by atoms with Crippen molar-refractivity contribution in [3.63, 3.8) is 0 Å². The number of phenolic OH excluding ortho intramolecular Hbond substituents is 1. The van der Waals surface area contributed by atoms with Gasteiger partial charge >= 0.3 is 0 Å². The van der Waals surface area contributed by atoms with Crippen molar-refractivity contribution >= 4 is 10.9 Å². The zero-order valence-electron chi connectivity index (χ0n) is 18.6. The van der Waals surface area contributed by atoms with E-state index in [9.17, 15) is 24.1 Å². The third-order valence-corrected chi connectivity index (χ3v) is 7.56. The van der Waals surface area contributed by atoms with Crippen LogP contribution in [0.3, 0.4) is 0 Å². The van der Waals surface area contributed by atoms with Gasteiger partial charge < -0.3 is 24.6 Å². The standard InChI is InChI=1S/C26H29F2NO4/c1-15-10-18(2-4-21(15)28)29-22-5-3-19(30)11-20(22)23(24(29)16-6-8-33-9-7-16)17-12-26(13-17,14-27)25(31)32/h2-5,10-11,16-17,25,30-32H,6-9,12-14H2,1H3. The van der Waals surface area contributed by atoms with Crippen LogP contribution in [0.25, 0.3) is 16.6 Å². The molecule has 3 N–H and O–H groups in total. The molecular weight excluding hydrogens is 428 g/mol. The van der Waals surface area contributed by atoms with Crippen molar-refractivity contribution in [1.29, 1.82) is 0 Å². The van der Waals surface area contributed by atoms with E-state index < -0.39 is 18.4 Å². The molecule has 1 saturated heterocycles. The summed E-state index contributed by atoms with van der Waals surface area (Å²) in [5, 5.41) is 30.8. The molecule has 2 aromatic carbocycles. The van der Waals surface area contributed by atoms with Gasteiger partial charge in [0, 0.05) is 35.9 Å². The molecule has 0 radical (unpaired) electrons. The minimum atomic E-state index is -1.72. The molecule has 2 aliphatic rings. The minimum absolute atomic E-state index is 0.0764. The maximum atomic E-state index is 14.1. The summed E-state index contributed by atoms with van der Waals surface area (Å²) in [5.74, 6) is -0.0436. The van der Waals surface area contributed by atoms with Crippen LogP contribution in [-0.4, -0.2) is 46.1 Å². The Kier molecular flexibility index (Phi) is 5.67. The number of aromatic nitrogens is 1. The van der Waals surface area contributed by atoms with E-state index in [1.54, 1.807) is 25.1 Å². The summed E-state index contributed by atoms with van der Waals surface area (Å²) >= 11 is 0. The second kappa shape index (κ2) is 8.38. The zero-order valence-corrected chi connectivity index (χ0v) is 18.6. The number of hydrogen-bond donors (Lipinski definition) is 3. The van der Waals surface area contributed by atoms with Gasteiger partial charge in [-0.3, -0.25) is 4.39 Å². The molecule has 3 aromatic rings. The first-order chi connectivity index (χ1) is 15.8. The lowest BCUT2D eigenvalue weighted by Crippen LogP contribution is -2.47. The van der Waals surface area contributed by atoms with Crippen LogP contribution >= 0.6 is 0 Å². The van der Waals surface area contributed by atoms with Crippen molar-refractivity contribution in [2.75, 3.05) is 19.9 Å². The van der Waals surface area contributed by atoms with E-state index in [1.165, 1.54) is 6.07 Å². The number of aromatic hydroxyl groups is 1. The van der Waals surface area contributed by atoms with Crippen molar-refractivity contribution in [2.24, 2.45) is 5.41 Å². The number of halogens is 2. The van der Waals surface area contributed by atoms with E-state index in [1.807, 2.05) is 12.1 Å². The lowest BCUT2D eigenvalue weighted by molar-refractivity contribution is -0.180. The topological polar surface area (TPSA) is 74.9 Å². The average molecular weight is 458 g/mol. The van der Waals surface area contributed by atoms with Crippen LogP contribution in [-0.2, 0) is 4.74 Å². The van der Waals surface area contributed by atoms with Gasteiger partial charge in [0.2, 0.25) is 0 Å². The molecule has 1 aromatic heterocycles. The summed E-state index contributed by atoms with van der Waals surface area (Å²) in [6.45, 7) is 2.20. The summed E-state index contributed by atoms with van der Waals surface area (Å²) in [6, 6.07) is 10.3. The number of hydrogen-bond acceptors (Lipinski definition) is 4. The molecule has 0 amide bonds. The number of aryl methyl sites for hydroxylation is 1. The molecule has 33 heavy (non-hydrogen) atoms. The van der Waals surface area contributed by atoms with Crippen LogP contribution in [0.4, 0.5) is 8.78 Å². The van der Waals surface area contributed by atoms with Gasteiger partial charge in [0.25, 0.3) is 0 Å². The van der Waals surface area contributed by atoms with E-state index in [0.29, 0.717) is 31.6 Å². The van der Waals surface area contributed by atoms with E-state index in [2.05, 4.69) is 4.57 Å². The van der Waals surface area contributed by atoms with Crippen molar-refractivity contribution in [3.05, 3.63) is 59.0 Å². The highest BCUT2D eigenvalue weighted by atomic mass is 19.1. The molecule has 0 unspecified atom stereocenters. The Morgan fingerprint density at radius 3 is 2.45 bits per heavy atom. The number of rotatable bonds is 5. The molecule has 5 nitrogen and oxygen atoms in total. The number of benzene rings is 2. The number of alkyl halides is 1. The molecule has 1 aliphatic carbocycles. The van der Waals surface area contributed by atoms with Crippen molar-refractivity contribution in [1.82, 2.24) is 4.57 Å². The molecule has 176 valence electrons. The van der Waals surface area contributed by atoms with Crippen LogP contribution in [0.1, 0.15) is 54.3 Å². The van der Waals surface area contributed by atoms with E-state index >= 15 is 0 Å². The Labute approximate surface area is 191 Å². The summed E-state index contributed by atoms with van der Waals surface area (Å²) < 4.78 is 35.6. The van der Waals surface area contributed by atoms with Gasteiger partial charge in [-0.05, 0) is 86.1 Å². The van der Waals surface area contributed by atoms with E-state index in [4.69, 9.17) is 4.74 Å². The number of nitrogens with zero attached hydrogens (tertiary/aromatic N) is 1. The Morgan fingerprint density at radius 1 is 1.09 bits per heavy atom. The Bertz CT molecular complexity index is 1180. The summed E-state index contributed by atoms with van der Waals surface area (Å²) in [4.78, 5) is 0. The number of fused-ring (bicyclic) bond motifs is 1. The maximum absolute atomic E-state index is 14.1. The average Bonchev–Trinajstić information content (AvgIpc) is 3.10. The smallest absolute Gasteiger partial charge is 0.159 e. The SMILES string of the molecule is Cc1cc(-n2c(C3CCOCC3)c(C3CC(CF)(C(O)O)C3)c3cc(O)ccc32)ccc1F. The van der Waals surface area contributed by atoms with Crippen LogP contribution in [0, 0.1) is 18.2 Å². The van der Waals surface area contributed by atoms with Crippen LogP contribution in [0.5, 0.6) is 5.75 Å². The highest BCUT2D eigenvalue weighted by molar-refractivity contribution is 5.89. The predicted molar refractivity (Wildman–Crippen MR) is 121 cm³/mol. The lowest BCUT2D eigenvalue weighted by Gasteiger charge is -2.47. The fourth-order valence-corrected chi connectivity index (χ4v) is 5.69. The van der Waals surface area contributed by atoms with Crippen molar-refractivity contribution < 1.29 is 28.8 Å². The largest absolute Gasteiger partial charge is 0.508 e. The first-order valence-corrected chi connectivity index (χ1v) is 11.5. The molecule has 1 aliphatic heterocycles. The maximum Gasteiger partial charge on any atom is 0.159 e. The molecule has 2 fully saturated rings. The Morgan fingerprint density at radius 2 is 1.82 bits per heavy atom. The van der Waals surface area contributed by atoms with E-state index in [-0.39, 0.29) is 23.4 Å².